The zero-order valence-electron chi connectivity index (χ0n) is 10.6. The van der Waals surface area contributed by atoms with Gasteiger partial charge in [-0.1, -0.05) is 4.68 Å². The van der Waals surface area contributed by atoms with E-state index in [-0.39, 0.29) is 6.42 Å². The van der Waals surface area contributed by atoms with E-state index in [1.807, 2.05) is 34.9 Å². The van der Waals surface area contributed by atoms with Crippen molar-refractivity contribution in [1.29, 1.82) is 0 Å². The summed E-state index contributed by atoms with van der Waals surface area (Å²) in [6, 6.07) is 0. The molecule has 2 heterocycles. The topological polar surface area (TPSA) is 30.5 Å². The lowest BCUT2D eigenvalue weighted by Crippen LogP contribution is -2.32. The molecule has 0 amide bonds. The smallest absolute Gasteiger partial charge is 0.239 e. The number of hydrogen-bond acceptors (Lipinski definition) is 1. The number of aryl methyl sites for hydroxylation is 2. The molecule has 0 saturated carbocycles. The van der Waals surface area contributed by atoms with Crippen LogP contribution >= 0.6 is 0 Å². The van der Waals surface area contributed by atoms with Gasteiger partial charge in [-0.2, -0.15) is 13.2 Å². The Hall–Kier alpha value is -1.86. The highest BCUT2D eigenvalue weighted by atomic mass is 19.4. The number of halogens is 3. The second kappa shape index (κ2) is 5.41. The van der Waals surface area contributed by atoms with Gasteiger partial charge in [0.2, 0.25) is 19.3 Å². The van der Waals surface area contributed by atoms with Crippen LogP contribution in [0.5, 0.6) is 0 Å². The first kappa shape index (κ1) is 13.6. The quantitative estimate of drug-likeness (QED) is 0.737. The molecule has 0 atom stereocenters. The lowest BCUT2D eigenvalue weighted by molar-refractivity contribution is -0.698. The average molecular weight is 275 g/mol. The summed E-state index contributed by atoms with van der Waals surface area (Å²) in [4.78, 5) is 0. The summed E-state index contributed by atoms with van der Waals surface area (Å²) in [5, 5.41) is 4.10. The van der Waals surface area contributed by atoms with Gasteiger partial charge in [0.05, 0.1) is 13.6 Å². The normalized spacial score (nSPS) is 12.0. The standard InChI is InChI=1S/C11H16F3N5/c1-16-5-6-18(8-16)10-19-9-17(7-15-19)4-2-3-11(12,13)14/h5-9H,2-4,10H2,1H3/q+2. The zero-order valence-corrected chi connectivity index (χ0v) is 10.6. The molecule has 0 N–H and O–H groups in total. The number of nitrogens with zero attached hydrogens (tertiary/aromatic N) is 5. The first-order valence-corrected chi connectivity index (χ1v) is 5.92. The van der Waals surface area contributed by atoms with Gasteiger partial charge >= 0.3 is 6.18 Å². The summed E-state index contributed by atoms with van der Waals surface area (Å²) >= 11 is 0. The van der Waals surface area contributed by atoms with Gasteiger partial charge in [-0.3, -0.25) is 0 Å². The van der Waals surface area contributed by atoms with Crippen molar-refractivity contribution in [2.75, 3.05) is 0 Å². The van der Waals surface area contributed by atoms with Crippen molar-refractivity contribution in [3.8, 4) is 0 Å². The molecule has 0 aromatic carbocycles. The molecule has 0 unspecified atom stereocenters. The Morgan fingerprint density at radius 2 is 2.05 bits per heavy atom. The van der Waals surface area contributed by atoms with Crippen molar-refractivity contribution in [2.45, 2.75) is 32.2 Å². The molecule has 19 heavy (non-hydrogen) atoms. The van der Waals surface area contributed by atoms with E-state index >= 15 is 0 Å². The molecule has 0 bridgehead atoms. The van der Waals surface area contributed by atoms with Crippen molar-refractivity contribution < 1.29 is 22.3 Å². The summed E-state index contributed by atoms with van der Waals surface area (Å²) in [7, 11) is 1.91. The first-order valence-electron chi connectivity index (χ1n) is 5.92. The van der Waals surface area contributed by atoms with E-state index in [2.05, 4.69) is 5.10 Å². The van der Waals surface area contributed by atoms with E-state index in [0.717, 1.165) is 0 Å². The maximum Gasteiger partial charge on any atom is 0.389 e. The van der Waals surface area contributed by atoms with Crippen LogP contribution in [0.25, 0.3) is 0 Å². The van der Waals surface area contributed by atoms with E-state index < -0.39 is 12.6 Å². The molecule has 8 heteroatoms. The fraction of sp³-hybridized carbons (Fsp3) is 0.545. The molecule has 104 valence electrons. The van der Waals surface area contributed by atoms with Crippen LogP contribution in [0, 0.1) is 0 Å². The van der Waals surface area contributed by atoms with Crippen LogP contribution in [-0.2, 0) is 20.3 Å². The van der Waals surface area contributed by atoms with Crippen LogP contribution < -0.4 is 9.13 Å². The van der Waals surface area contributed by atoms with Gasteiger partial charge in [0.1, 0.15) is 12.4 Å². The van der Waals surface area contributed by atoms with Crippen LogP contribution in [0.15, 0.2) is 31.4 Å². The fourth-order valence-electron chi connectivity index (χ4n) is 1.77. The molecule has 0 aliphatic carbocycles. The maximum atomic E-state index is 12.0. The second-order valence-corrected chi connectivity index (χ2v) is 4.48. The fourth-order valence-corrected chi connectivity index (χ4v) is 1.77. The highest BCUT2D eigenvalue weighted by Crippen LogP contribution is 2.20. The number of rotatable bonds is 5. The minimum Gasteiger partial charge on any atom is -0.239 e. The Morgan fingerprint density at radius 1 is 1.26 bits per heavy atom. The summed E-state index contributed by atoms with van der Waals surface area (Å²) < 4.78 is 43.2. The molecule has 2 aromatic heterocycles. The summed E-state index contributed by atoms with van der Waals surface area (Å²) in [6.45, 7) is 0.853. The Kier molecular flexibility index (Phi) is 3.87. The summed E-state index contributed by atoms with van der Waals surface area (Å²) in [5.74, 6) is 0. The largest absolute Gasteiger partial charge is 0.389 e. The lowest BCUT2D eigenvalue weighted by Gasteiger charge is -2.03. The second-order valence-electron chi connectivity index (χ2n) is 4.48. The number of alkyl halides is 3. The highest BCUT2D eigenvalue weighted by Gasteiger charge is 2.26. The third kappa shape index (κ3) is 4.38. The predicted molar refractivity (Wildman–Crippen MR) is 58.7 cm³/mol. The molecule has 2 aromatic rings. The Bertz CT molecular complexity index is 528. The molecule has 5 nitrogen and oxygen atoms in total. The van der Waals surface area contributed by atoms with E-state index in [4.69, 9.17) is 0 Å². The SMILES string of the molecule is C[n+]1ccn(Cn2c[n+](CCCC(F)(F)F)cn2)c1. The first-order chi connectivity index (χ1) is 8.92. The van der Waals surface area contributed by atoms with Crippen molar-refractivity contribution in [2.24, 2.45) is 7.05 Å². The molecule has 0 fully saturated rings. The molecular formula is C11H16F3N5+2. The van der Waals surface area contributed by atoms with Crippen molar-refractivity contribution in [3.63, 3.8) is 0 Å². The van der Waals surface area contributed by atoms with Gasteiger partial charge in [0.25, 0.3) is 6.33 Å². The lowest BCUT2D eigenvalue weighted by atomic mass is 10.3. The van der Waals surface area contributed by atoms with Crippen LogP contribution in [0.3, 0.4) is 0 Å². The molecule has 0 saturated heterocycles. The Morgan fingerprint density at radius 3 is 2.68 bits per heavy atom. The van der Waals surface area contributed by atoms with Crippen LogP contribution in [-0.4, -0.2) is 20.5 Å². The summed E-state index contributed by atoms with van der Waals surface area (Å²) in [6.07, 6.45) is 4.16. The van der Waals surface area contributed by atoms with E-state index in [0.29, 0.717) is 13.2 Å². The molecular weight excluding hydrogens is 259 g/mol. The molecule has 0 aliphatic heterocycles. The maximum absolute atomic E-state index is 12.0. The monoisotopic (exact) mass is 275 g/mol. The minimum absolute atomic E-state index is 0.0678. The summed E-state index contributed by atoms with van der Waals surface area (Å²) in [5.41, 5.74) is 0. The zero-order chi connectivity index (χ0) is 13.9. The van der Waals surface area contributed by atoms with Crippen LogP contribution in [0.4, 0.5) is 13.2 Å². The molecule has 2 rings (SSSR count). The van der Waals surface area contributed by atoms with Gasteiger partial charge < -0.3 is 0 Å². The third-order valence-corrected chi connectivity index (χ3v) is 2.64. The van der Waals surface area contributed by atoms with Crippen molar-refractivity contribution in [3.05, 3.63) is 31.4 Å². The van der Waals surface area contributed by atoms with Crippen molar-refractivity contribution in [1.82, 2.24) is 14.3 Å². The van der Waals surface area contributed by atoms with Crippen LogP contribution in [0.1, 0.15) is 12.8 Å². The minimum atomic E-state index is -4.09. The van der Waals surface area contributed by atoms with Gasteiger partial charge in [0.15, 0.2) is 0 Å². The Labute approximate surface area is 108 Å². The molecule has 0 aliphatic rings. The van der Waals surface area contributed by atoms with E-state index in [1.54, 1.807) is 21.9 Å². The van der Waals surface area contributed by atoms with Gasteiger partial charge in [-0.15, -0.1) is 0 Å². The third-order valence-electron chi connectivity index (χ3n) is 2.64. The predicted octanol–water partition coefficient (Wildman–Crippen LogP) is 0.645. The number of aromatic nitrogens is 5. The van der Waals surface area contributed by atoms with Crippen LogP contribution in [0.2, 0.25) is 0 Å². The van der Waals surface area contributed by atoms with E-state index in [1.165, 1.54) is 0 Å². The van der Waals surface area contributed by atoms with Gasteiger partial charge in [0, 0.05) is 11.5 Å². The number of hydrogen-bond donors (Lipinski definition) is 0. The average Bonchev–Trinajstić information content (AvgIpc) is 2.87. The molecule has 0 radical (unpaired) electrons. The van der Waals surface area contributed by atoms with Crippen molar-refractivity contribution >= 4 is 0 Å². The Balaban J connectivity index is 1.85. The number of imidazole rings is 1. The van der Waals surface area contributed by atoms with E-state index in [9.17, 15) is 13.2 Å². The van der Waals surface area contributed by atoms with Gasteiger partial charge in [-0.05, 0) is 6.42 Å². The molecule has 0 spiro atoms. The van der Waals surface area contributed by atoms with Gasteiger partial charge in [-0.25, -0.2) is 13.7 Å². The highest BCUT2D eigenvalue weighted by molar-refractivity contribution is 4.65.